The molecule has 30 heavy (non-hydrogen) atoms. The lowest BCUT2D eigenvalue weighted by Gasteiger charge is -2.13. The highest BCUT2D eigenvalue weighted by Crippen LogP contribution is 2.49. The van der Waals surface area contributed by atoms with Crippen LogP contribution in [0.15, 0.2) is 53.4 Å². The van der Waals surface area contributed by atoms with Crippen LogP contribution in [0.25, 0.3) is 6.08 Å². The maximum absolute atomic E-state index is 12.6. The number of thioether (sulfide) groups is 1. The molecule has 1 aliphatic heterocycles. The lowest BCUT2D eigenvalue weighted by atomic mass is 10.1. The van der Waals surface area contributed by atoms with Crippen LogP contribution in [0, 0.1) is 12.8 Å². The van der Waals surface area contributed by atoms with Gasteiger partial charge in [0.25, 0.3) is 11.1 Å². The molecule has 1 aliphatic carbocycles. The highest BCUT2D eigenvalue weighted by molar-refractivity contribution is 8.18. The van der Waals surface area contributed by atoms with Crippen LogP contribution in [0.5, 0.6) is 0 Å². The van der Waals surface area contributed by atoms with Gasteiger partial charge in [0.15, 0.2) is 0 Å². The highest BCUT2D eigenvalue weighted by Gasteiger charge is 2.44. The molecule has 1 saturated carbocycles. The predicted molar refractivity (Wildman–Crippen MR) is 119 cm³/mol. The zero-order valence-corrected chi connectivity index (χ0v) is 18.0. The number of hydrogen-bond donors (Lipinski definition) is 1. The third kappa shape index (κ3) is 4.45. The summed E-state index contributed by atoms with van der Waals surface area (Å²) in [5, 5.41) is 3.21. The molecule has 1 N–H and O–H groups in total. The molecular formula is C23H21ClN2O3S. The summed E-state index contributed by atoms with van der Waals surface area (Å²) in [6.07, 6.45) is 2.48. The topological polar surface area (TPSA) is 66.5 Å². The number of nitrogens with zero attached hydrogens (tertiary/aromatic N) is 1. The SMILES string of the molecule is Cc1ccc(/C=C2/SC(=O)N(CCNC(=O)C3CC3c3ccccc3Cl)C2=O)cc1. The zero-order valence-electron chi connectivity index (χ0n) is 16.4. The first-order valence-electron chi connectivity index (χ1n) is 9.78. The second-order valence-corrected chi connectivity index (χ2v) is 8.91. The monoisotopic (exact) mass is 440 g/mol. The predicted octanol–water partition coefficient (Wildman–Crippen LogP) is 4.60. The van der Waals surface area contributed by atoms with Gasteiger partial charge in [0.05, 0.1) is 4.91 Å². The molecule has 2 fully saturated rings. The van der Waals surface area contributed by atoms with E-state index in [1.165, 1.54) is 4.90 Å². The Kier molecular flexibility index (Phi) is 5.97. The minimum Gasteiger partial charge on any atom is -0.354 e. The molecule has 5 nitrogen and oxygen atoms in total. The molecule has 0 bridgehead atoms. The van der Waals surface area contributed by atoms with Gasteiger partial charge in [0.2, 0.25) is 5.91 Å². The van der Waals surface area contributed by atoms with E-state index in [-0.39, 0.29) is 42.0 Å². The largest absolute Gasteiger partial charge is 0.354 e. The van der Waals surface area contributed by atoms with E-state index >= 15 is 0 Å². The molecule has 0 spiro atoms. The molecule has 3 amide bonds. The van der Waals surface area contributed by atoms with Gasteiger partial charge < -0.3 is 5.32 Å². The number of carbonyl (C=O) groups is 3. The van der Waals surface area contributed by atoms with E-state index in [1.54, 1.807) is 6.08 Å². The van der Waals surface area contributed by atoms with E-state index in [1.807, 2.05) is 55.5 Å². The van der Waals surface area contributed by atoms with Gasteiger partial charge in [-0.2, -0.15) is 0 Å². The van der Waals surface area contributed by atoms with Crippen molar-refractivity contribution in [2.75, 3.05) is 13.1 Å². The maximum Gasteiger partial charge on any atom is 0.293 e. The van der Waals surface area contributed by atoms with E-state index in [2.05, 4.69) is 5.32 Å². The number of imide groups is 1. The van der Waals surface area contributed by atoms with Crippen LogP contribution in [-0.4, -0.2) is 35.0 Å². The van der Waals surface area contributed by atoms with Crippen LogP contribution in [-0.2, 0) is 9.59 Å². The first kappa shape index (κ1) is 20.7. The van der Waals surface area contributed by atoms with Gasteiger partial charge in [-0.15, -0.1) is 0 Å². The molecule has 4 rings (SSSR count). The van der Waals surface area contributed by atoms with E-state index in [0.29, 0.717) is 9.93 Å². The summed E-state index contributed by atoms with van der Waals surface area (Å²) in [4.78, 5) is 38.8. The molecule has 2 aromatic rings. The van der Waals surface area contributed by atoms with E-state index in [0.717, 1.165) is 34.9 Å². The quantitative estimate of drug-likeness (QED) is 0.666. The van der Waals surface area contributed by atoms with Gasteiger partial charge in [-0.25, -0.2) is 0 Å². The van der Waals surface area contributed by atoms with Crippen LogP contribution in [0.2, 0.25) is 5.02 Å². The van der Waals surface area contributed by atoms with Crippen molar-refractivity contribution in [3.8, 4) is 0 Å². The Labute approximate surface area is 184 Å². The summed E-state index contributed by atoms with van der Waals surface area (Å²) in [6, 6.07) is 15.3. The molecule has 2 aliphatic rings. The number of benzene rings is 2. The molecule has 1 heterocycles. The third-order valence-corrected chi connectivity index (χ3v) is 6.57. The van der Waals surface area contributed by atoms with Gasteiger partial charge in [-0.05, 0) is 54.3 Å². The van der Waals surface area contributed by atoms with Crippen molar-refractivity contribution in [3.63, 3.8) is 0 Å². The number of carbonyl (C=O) groups excluding carboxylic acids is 3. The van der Waals surface area contributed by atoms with Gasteiger partial charge in [0, 0.05) is 24.0 Å². The molecule has 0 aromatic heterocycles. The molecule has 2 unspecified atom stereocenters. The Bertz CT molecular complexity index is 1030. The minimum absolute atomic E-state index is 0.0675. The molecular weight excluding hydrogens is 420 g/mol. The fraction of sp³-hybridized carbons (Fsp3) is 0.261. The van der Waals surface area contributed by atoms with Crippen molar-refractivity contribution < 1.29 is 14.4 Å². The summed E-state index contributed by atoms with van der Waals surface area (Å²) in [7, 11) is 0. The van der Waals surface area contributed by atoms with Crippen molar-refractivity contribution >= 4 is 46.5 Å². The molecule has 154 valence electrons. The van der Waals surface area contributed by atoms with Crippen LogP contribution < -0.4 is 5.32 Å². The van der Waals surface area contributed by atoms with E-state index in [4.69, 9.17) is 11.6 Å². The summed E-state index contributed by atoms with van der Waals surface area (Å²) in [6.45, 7) is 2.38. The summed E-state index contributed by atoms with van der Waals surface area (Å²) < 4.78 is 0. The fourth-order valence-electron chi connectivity index (χ4n) is 3.53. The highest BCUT2D eigenvalue weighted by atomic mass is 35.5. The van der Waals surface area contributed by atoms with E-state index < -0.39 is 0 Å². The summed E-state index contributed by atoms with van der Waals surface area (Å²) in [5.74, 6) is -0.364. The Balaban J connectivity index is 1.29. The summed E-state index contributed by atoms with van der Waals surface area (Å²) in [5.41, 5.74) is 2.99. The van der Waals surface area contributed by atoms with Crippen LogP contribution in [0.1, 0.15) is 29.0 Å². The lowest BCUT2D eigenvalue weighted by Crippen LogP contribution is -2.37. The first-order chi connectivity index (χ1) is 14.4. The van der Waals surface area contributed by atoms with Gasteiger partial charge >= 0.3 is 0 Å². The Morgan fingerprint density at radius 1 is 1.20 bits per heavy atom. The maximum atomic E-state index is 12.6. The average molecular weight is 441 g/mol. The van der Waals surface area contributed by atoms with Gasteiger partial charge in [-0.1, -0.05) is 59.6 Å². The lowest BCUT2D eigenvalue weighted by molar-refractivity contribution is -0.124. The first-order valence-corrected chi connectivity index (χ1v) is 11.0. The molecule has 0 radical (unpaired) electrons. The second kappa shape index (κ2) is 8.66. The number of hydrogen-bond acceptors (Lipinski definition) is 4. The van der Waals surface area contributed by atoms with Crippen LogP contribution >= 0.6 is 23.4 Å². The smallest absolute Gasteiger partial charge is 0.293 e. The molecule has 1 saturated heterocycles. The van der Waals surface area contributed by atoms with Crippen molar-refractivity contribution in [2.24, 2.45) is 5.92 Å². The van der Waals surface area contributed by atoms with Crippen molar-refractivity contribution in [1.29, 1.82) is 0 Å². The van der Waals surface area contributed by atoms with Crippen molar-refractivity contribution in [1.82, 2.24) is 10.2 Å². The second-order valence-electron chi connectivity index (χ2n) is 7.51. The average Bonchev–Trinajstić information content (AvgIpc) is 3.48. The Morgan fingerprint density at radius 3 is 2.67 bits per heavy atom. The Hall–Kier alpha value is -2.57. The van der Waals surface area contributed by atoms with E-state index in [9.17, 15) is 14.4 Å². The number of halogens is 1. The number of rotatable bonds is 6. The molecule has 7 heteroatoms. The molecule has 2 aromatic carbocycles. The zero-order chi connectivity index (χ0) is 21.3. The van der Waals surface area contributed by atoms with Crippen molar-refractivity contribution in [3.05, 3.63) is 75.1 Å². The number of nitrogens with one attached hydrogen (secondary N) is 1. The normalized spacial score (nSPS) is 21.9. The van der Waals surface area contributed by atoms with Gasteiger partial charge in [-0.3, -0.25) is 19.3 Å². The van der Waals surface area contributed by atoms with Crippen molar-refractivity contribution in [2.45, 2.75) is 19.3 Å². The van der Waals surface area contributed by atoms with Crippen LogP contribution in [0.4, 0.5) is 4.79 Å². The minimum atomic E-state index is -0.319. The molecule has 2 atom stereocenters. The number of amides is 3. The standard InChI is InChI=1S/C23H21ClN2O3S/c1-14-6-8-15(9-7-14)12-20-22(28)26(23(29)30-20)11-10-25-21(27)18-13-17(18)16-4-2-3-5-19(16)24/h2-9,12,17-18H,10-11,13H2,1H3,(H,25,27)/b20-12+. The summed E-state index contributed by atoms with van der Waals surface area (Å²) >= 11 is 7.14. The fourth-order valence-corrected chi connectivity index (χ4v) is 4.67. The Morgan fingerprint density at radius 2 is 1.93 bits per heavy atom. The third-order valence-electron chi connectivity index (χ3n) is 5.32. The van der Waals surface area contributed by atoms with Gasteiger partial charge in [0.1, 0.15) is 0 Å². The number of aryl methyl sites for hydroxylation is 1. The van der Waals surface area contributed by atoms with Crippen LogP contribution in [0.3, 0.4) is 0 Å².